The highest BCUT2D eigenvalue weighted by Gasteiger charge is 2.30. The van der Waals surface area contributed by atoms with Crippen LogP contribution in [-0.4, -0.2) is 59.0 Å². The van der Waals surface area contributed by atoms with E-state index < -0.39 is 12.4 Å². The summed E-state index contributed by atoms with van der Waals surface area (Å²) >= 11 is 1.47. The van der Waals surface area contributed by atoms with Gasteiger partial charge in [0.1, 0.15) is 15.5 Å². The van der Waals surface area contributed by atoms with Crippen LogP contribution in [0.5, 0.6) is 17.4 Å². The molecule has 0 fully saturated rings. The second kappa shape index (κ2) is 10.7. The molecule has 42 heavy (non-hydrogen) atoms. The second-order valence-electron chi connectivity index (χ2n) is 9.69. The van der Waals surface area contributed by atoms with Gasteiger partial charge in [0.05, 0.1) is 41.7 Å². The van der Waals surface area contributed by atoms with Crippen molar-refractivity contribution in [3.8, 4) is 28.0 Å². The quantitative estimate of drug-likeness (QED) is 0.290. The number of fused-ring (bicyclic) bond motifs is 4. The van der Waals surface area contributed by atoms with Crippen LogP contribution in [0.1, 0.15) is 18.1 Å². The van der Waals surface area contributed by atoms with Gasteiger partial charge in [0.25, 0.3) is 6.29 Å². The van der Waals surface area contributed by atoms with Crippen LogP contribution in [0.3, 0.4) is 0 Å². The lowest BCUT2D eigenvalue weighted by Crippen LogP contribution is -2.38. The largest absolute Gasteiger partial charge is 0.480 e. The van der Waals surface area contributed by atoms with E-state index in [0.717, 1.165) is 42.9 Å². The zero-order chi connectivity index (χ0) is 29.5. The van der Waals surface area contributed by atoms with Gasteiger partial charge >= 0.3 is 6.09 Å². The van der Waals surface area contributed by atoms with E-state index in [-0.39, 0.29) is 12.5 Å². The molecular weight excluding hydrogens is 560 g/mol. The highest BCUT2D eigenvalue weighted by Crippen LogP contribution is 2.46. The fraction of sp³-hybridized carbons (Fsp3) is 0.241. The summed E-state index contributed by atoms with van der Waals surface area (Å²) in [5.41, 5.74) is 5.48. The summed E-state index contributed by atoms with van der Waals surface area (Å²) < 4.78 is 23.8. The van der Waals surface area contributed by atoms with Crippen molar-refractivity contribution in [2.24, 2.45) is 0 Å². The molecule has 0 aliphatic carbocycles. The summed E-state index contributed by atoms with van der Waals surface area (Å²) in [6.45, 7) is 5.33. The lowest BCUT2D eigenvalue weighted by atomic mass is 10.1. The van der Waals surface area contributed by atoms with Gasteiger partial charge in [0.15, 0.2) is 18.1 Å². The van der Waals surface area contributed by atoms with Crippen molar-refractivity contribution in [1.82, 2.24) is 19.9 Å². The Morgan fingerprint density at radius 3 is 2.67 bits per heavy atom. The maximum absolute atomic E-state index is 12.8. The number of hydrogen-bond acceptors (Lipinski definition) is 11. The standard InChI is InChI=1S/C29H26N6O6S/c1-14-8-18(25-19(9-14)33-22(38-5)12-31-25)28-34-24-15(2)10-20-26(27(24)42-28)39-13-23(40-20)41-29(37)35(4)17-6-7-21(30-11-17)32-16(3)36/h6-12,23H,13H2,1-5H3,(H,30,32,36). The van der Waals surface area contributed by atoms with Gasteiger partial charge in [0, 0.05) is 19.5 Å². The number of carbonyl (C=O) groups excluding carboxylic acids is 2. The molecule has 0 radical (unpaired) electrons. The van der Waals surface area contributed by atoms with Crippen LogP contribution in [0.2, 0.25) is 0 Å². The molecule has 6 rings (SSSR count). The highest BCUT2D eigenvalue weighted by molar-refractivity contribution is 7.22. The van der Waals surface area contributed by atoms with E-state index in [4.69, 9.17) is 23.9 Å². The number of amides is 2. The molecule has 0 bridgehead atoms. The number of rotatable bonds is 5. The molecule has 1 unspecified atom stereocenters. The number of pyridine rings is 1. The third-order valence-corrected chi connectivity index (χ3v) is 7.64. The average Bonchev–Trinajstić information content (AvgIpc) is 3.42. The van der Waals surface area contributed by atoms with Crippen molar-refractivity contribution in [2.45, 2.75) is 27.1 Å². The van der Waals surface area contributed by atoms with Gasteiger partial charge in [-0.3, -0.25) is 9.69 Å². The molecule has 13 heteroatoms. The number of anilines is 2. The lowest BCUT2D eigenvalue weighted by Gasteiger charge is -2.28. The molecule has 1 aliphatic heterocycles. The van der Waals surface area contributed by atoms with Crippen molar-refractivity contribution >= 4 is 56.1 Å². The lowest BCUT2D eigenvalue weighted by molar-refractivity contribution is -0.114. The third kappa shape index (κ3) is 5.09. The van der Waals surface area contributed by atoms with Crippen molar-refractivity contribution in [2.75, 3.05) is 31.0 Å². The minimum Gasteiger partial charge on any atom is -0.480 e. The van der Waals surface area contributed by atoms with Crippen LogP contribution in [0, 0.1) is 13.8 Å². The summed E-state index contributed by atoms with van der Waals surface area (Å²) in [7, 11) is 3.11. The van der Waals surface area contributed by atoms with Gasteiger partial charge in [-0.25, -0.2) is 24.7 Å². The second-order valence-corrected chi connectivity index (χ2v) is 10.7. The fourth-order valence-corrected chi connectivity index (χ4v) is 5.70. The van der Waals surface area contributed by atoms with Crippen LogP contribution < -0.4 is 24.4 Å². The number of hydrogen-bond donors (Lipinski definition) is 1. The first kappa shape index (κ1) is 27.1. The van der Waals surface area contributed by atoms with E-state index in [1.54, 1.807) is 32.5 Å². The number of benzene rings is 2. The molecule has 0 spiro atoms. The Hall–Kier alpha value is -5.04. The number of thiazole rings is 1. The summed E-state index contributed by atoms with van der Waals surface area (Å²) in [4.78, 5) is 43.6. The Bertz CT molecular complexity index is 1860. The van der Waals surface area contributed by atoms with E-state index in [2.05, 4.69) is 20.3 Å². The maximum Gasteiger partial charge on any atom is 0.417 e. The van der Waals surface area contributed by atoms with E-state index in [1.807, 2.05) is 32.0 Å². The van der Waals surface area contributed by atoms with Crippen molar-refractivity contribution in [1.29, 1.82) is 0 Å². The molecule has 4 heterocycles. The fourth-order valence-electron chi connectivity index (χ4n) is 4.55. The number of nitrogens with zero attached hydrogens (tertiary/aromatic N) is 5. The molecule has 1 aliphatic rings. The normalized spacial score (nSPS) is 14.1. The monoisotopic (exact) mass is 586 g/mol. The number of methoxy groups -OCH3 is 1. The number of aryl methyl sites for hydroxylation is 2. The number of ether oxygens (including phenoxy) is 4. The van der Waals surface area contributed by atoms with Crippen LogP contribution in [0.15, 0.2) is 42.7 Å². The predicted octanol–water partition coefficient (Wildman–Crippen LogP) is 5.26. The molecule has 1 atom stereocenters. The molecule has 214 valence electrons. The molecular formula is C29H26N6O6S. The molecule has 3 aromatic heterocycles. The van der Waals surface area contributed by atoms with E-state index in [0.29, 0.717) is 28.9 Å². The molecule has 0 saturated heterocycles. The van der Waals surface area contributed by atoms with Gasteiger partial charge in [-0.05, 0) is 55.3 Å². The Labute approximate surface area is 244 Å². The first-order chi connectivity index (χ1) is 20.2. The minimum atomic E-state index is -0.964. The van der Waals surface area contributed by atoms with Crippen molar-refractivity contribution in [3.05, 3.63) is 53.9 Å². The van der Waals surface area contributed by atoms with E-state index in [1.165, 1.54) is 29.4 Å². The smallest absolute Gasteiger partial charge is 0.417 e. The maximum atomic E-state index is 12.8. The van der Waals surface area contributed by atoms with Gasteiger partial charge < -0.3 is 24.3 Å². The topological polar surface area (TPSA) is 138 Å². The summed E-state index contributed by atoms with van der Waals surface area (Å²) in [5.74, 6) is 1.59. The SMILES string of the molecule is COc1cnc2c(-c3nc4c(C)cc5c(c4s3)OCC(OC(=O)N(C)c3ccc(NC(C)=O)nc3)O5)cc(C)cc2n1. The molecule has 5 aromatic rings. The van der Waals surface area contributed by atoms with Gasteiger partial charge in [0.2, 0.25) is 11.8 Å². The molecule has 12 nitrogen and oxygen atoms in total. The third-order valence-electron chi connectivity index (χ3n) is 6.55. The predicted molar refractivity (Wildman–Crippen MR) is 158 cm³/mol. The van der Waals surface area contributed by atoms with Crippen molar-refractivity contribution in [3.63, 3.8) is 0 Å². The zero-order valence-electron chi connectivity index (χ0n) is 23.4. The zero-order valence-corrected chi connectivity index (χ0v) is 24.2. The Morgan fingerprint density at radius 1 is 1.10 bits per heavy atom. The van der Waals surface area contributed by atoms with Crippen LogP contribution >= 0.6 is 11.3 Å². The first-order valence-corrected chi connectivity index (χ1v) is 13.7. The number of aromatic nitrogens is 4. The molecule has 2 amide bonds. The van der Waals surface area contributed by atoms with E-state index >= 15 is 0 Å². The first-order valence-electron chi connectivity index (χ1n) is 12.9. The molecule has 0 saturated carbocycles. The average molecular weight is 587 g/mol. The molecule has 1 N–H and O–H groups in total. The summed E-state index contributed by atoms with van der Waals surface area (Å²) in [5, 5.41) is 3.35. The highest BCUT2D eigenvalue weighted by atomic mass is 32.1. The minimum absolute atomic E-state index is 0.00363. The Morgan fingerprint density at radius 2 is 1.93 bits per heavy atom. The summed E-state index contributed by atoms with van der Waals surface area (Å²) in [6.07, 6.45) is 1.44. The van der Waals surface area contributed by atoms with Crippen LogP contribution in [0.25, 0.3) is 31.8 Å². The number of nitrogens with one attached hydrogen (secondary N) is 1. The van der Waals surface area contributed by atoms with E-state index in [9.17, 15) is 9.59 Å². The Balaban J connectivity index is 1.24. The van der Waals surface area contributed by atoms with Crippen LogP contribution in [0.4, 0.5) is 16.3 Å². The van der Waals surface area contributed by atoms with Crippen LogP contribution in [-0.2, 0) is 9.53 Å². The molecule has 2 aromatic carbocycles. The summed E-state index contributed by atoms with van der Waals surface area (Å²) in [6, 6.07) is 9.07. The van der Waals surface area contributed by atoms with Gasteiger partial charge in [-0.2, -0.15) is 0 Å². The van der Waals surface area contributed by atoms with Crippen molar-refractivity contribution < 1.29 is 28.5 Å². The van der Waals surface area contributed by atoms with Gasteiger partial charge in [-0.15, -0.1) is 11.3 Å². The van der Waals surface area contributed by atoms with Gasteiger partial charge in [-0.1, -0.05) is 0 Å². The Kier molecular flexibility index (Phi) is 6.94. The number of carbonyl (C=O) groups is 2.